The van der Waals surface area contributed by atoms with Crippen LogP contribution in [0, 0.1) is 0 Å². The first kappa shape index (κ1) is 16.6. The highest BCUT2D eigenvalue weighted by Crippen LogP contribution is 2.16. The zero-order valence-electron chi connectivity index (χ0n) is 14.0. The molecule has 1 aromatic carbocycles. The van der Waals surface area contributed by atoms with E-state index in [0.717, 1.165) is 32.7 Å². The summed E-state index contributed by atoms with van der Waals surface area (Å²) < 4.78 is 0. The quantitative estimate of drug-likeness (QED) is 0.639. The highest BCUT2D eigenvalue weighted by atomic mass is 15.3. The Kier molecular flexibility index (Phi) is 6.07. The van der Waals surface area contributed by atoms with Gasteiger partial charge in [0.25, 0.3) is 0 Å². The molecule has 1 saturated heterocycles. The first-order valence-corrected chi connectivity index (χ1v) is 8.16. The molecule has 0 radical (unpaired) electrons. The number of guanidine groups is 1. The van der Waals surface area contributed by atoms with Crippen LogP contribution in [0.25, 0.3) is 0 Å². The molecule has 0 bridgehead atoms. The van der Waals surface area contributed by atoms with Crippen molar-refractivity contribution < 1.29 is 0 Å². The first-order valence-electron chi connectivity index (χ1n) is 8.16. The fourth-order valence-electron chi connectivity index (χ4n) is 2.75. The van der Waals surface area contributed by atoms with Gasteiger partial charge >= 0.3 is 0 Å². The van der Waals surface area contributed by atoms with Gasteiger partial charge in [-0.15, -0.1) is 0 Å². The van der Waals surface area contributed by atoms with Crippen molar-refractivity contribution >= 4 is 11.6 Å². The second-order valence-electron chi connectivity index (χ2n) is 6.23. The number of nitrogens with one attached hydrogen (secondary N) is 1. The van der Waals surface area contributed by atoms with E-state index in [1.54, 1.807) is 0 Å². The van der Waals surface area contributed by atoms with Crippen molar-refractivity contribution in [1.29, 1.82) is 0 Å². The van der Waals surface area contributed by atoms with Gasteiger partial charge in [-0.05, 0) is 32.9 Å². The van der Waals surface area contributed by atoms with E-state index in [1.165, 1.54) is 5.69 Å². The molecule has 0 amide bonds. The van der Waals surface area contributed by atoms with Gasteiger partial charge in [0.1, 0.15) is 0 Å². The normalized spacial score (nSPS) is 18.5. The molecule has 1 atom stereocenters. The Morgan fingerprint density at radius 2 is 1.77 bits per heavy atom. The molecule has 5 nitrogen and oxygen atoms in total. The van der Waals surface area contributed by atoms with Crippen LogP contribution >= 0.6 is 0 Å². The van der Waals surface area contributed by atoms with Crippen LogP contribution in [0.5, 0.6) is 0 Å². The summed E-state index contributed by atoms with van der Waals surface area (Å²) in [5.74, 6) is 0.546. The van der Waals surface area contributed by atoms with E-state index in [0.29, 0.717) is 18.0 Å². The molecule has 22 heavy (non-hydrogen) atoms. The smallest absolute Gasteiger partial charge is 0.188 e. The van der Waals surface area contributed by atoms with Crippen LogP contribution in [-0.4, -0.2) is 55.7 Å². The van der Waals surface area contributed by atoms with Gasteiger partial charge in [-0.2, -0.15) is 0 Å². The zero-order chi connectivity index (χ0) is 15.9. The highest BCUT2D eigenvalue weighted by molar-refractivity contribution is 5.78. The molecule has 1 unspecified atom stereocenters. The fourth-order valence-corrected chi connectivity index (χ4v) is 2.75. The van der Waals surface area contributed by atoms with Crippen LogP contribution in [0.3, 0.4) is 0 Å². The van der Waals surface area contributed by atoms with Crippen molar-refractivity contribution in [3.8, 4) is 0 Å². The van der Waals surface area contributed by atoms with Crippen LogP contribution in [0.15, 0.2) is 35.3 Å². The minimum absolute atomic E-state index is 0.327. The molecule has 122 valence electrons. The van der Waals surface area contributed by atoms with Gasteiger partial charge in [-0.1, -0.05) is 18.2 Å². The Morgan fingerprint density at radius 1 is 1.14 bits per heavy atom. The lowest BCUT2D eigenvalue weighted by Crippen LogP contribution is -2.50. The van der Waals surface area contributed by atoms with Crippen LogP contribution in [0.2, 0.25) is 0 Å². The van der Waals surface area contributed by atoms with Gasteiger partial charge < -0.3 is 16.0 Å². The summed E-state index contributed by atoms with van der Waals surface area (Å²) in [4.78, 5) is 9.38. The summed E-state index contributed by atoms with van der Waals surface area (Å²) in [7, 11) is 0. The molecular formula is C17H29N5. The highest BCUT2D eigenvalue weighted by Gasteiger charge is 2.20. The average Bonchev–Trinajstić information content (AvgIpc) is 2.53. The molecule has 1 fully saturated rings. The van der Waals surface area contributed by atoms with E-state index < -0.39 is 0 Å². The number of para-hydroxylation sites is 1. The minimum Gasteiger partial charge on any atom is -0.370 e. The van der Waals surface area contributed by atoms with Gasteiger partial charge in [0, 0.05) is 44.0 Å². The SMILES string of the molecule is CC(C)NC(N)=NCC(C)N1CCN(c2ccccc2)CC1. The van der Waals surface area contributed by atoms with Gasteiger partial charge in [0.15, 0.2) is 5.96 Å². The molecule has 1 aliphatic heterocycles. The summed E-state index contributed by atoms with van der Waals surface area (Å²) in [6, 6.07) is 11.4. The molecule has 1 aromatic rings. The third-order valence-corrected chi connectivity index (χ3v) is 4.02. The Bertz CT molecular complexity index is 463. The van der Waals surface area contributed by atoms with Gasteiger partial charge in [-0.25, -0.2) is 0 Å². The number of nitrogens with zero attached hydrogens (tertiary/aromatic N) is 3. The number of nitrogens with two attached hydrogens (primary N) is 1. The predicted octanol–water partition coefficient (Wildman–Crippen LogP) is 1.51. The maximum Gasteiger partial charge on any atom is 0.188 e. The third-order valence-electron chi connectivity index (χ3n) is 4.02. The van der Waals surface area contributed by atoms with Gasteiger partial charge in [0.2, 0.25) is 0 Å². The Labute approximate surface area is 134 Å². The molecule has 5 heteroatoms. The van der Waals surface area contributed by atoms with Gasteiger partial charge in [0.05, 0.1) is 6.54 Å². The topological polar surface area (TPSA) is 56.9 Å². The molecule has 3 N–H and O–H groups in total. The first-order chi connectivity index (χ1) is 10.6. The number of piperazine rings is 1. The second-order valence-corrected chi connectivity index (χ2v) is 6.23. The van der Waals surface area contributed by atoms with Crippen molar-refractivity contribution in [2.45, 2.75) is 32.9 Å². The molecule has 0 aromatic heterocycles. The Morgan fingerprint density at radius 3 is 2.36 bits per heavy atom. The molecule has 1 aliphatic rings. The second kappa shape index (κ2) is 8.03. The number of hydrogen-bond acceptors (Lipinski definition) is 3. The molecule has 0 aliphatic carbocycles. The van der Waals surface area contributed by atoms with E-state index in [1.807, 2.05) is 0 Å². The van der Waals surface area contributed by atoms with E-state index in [-0.39, 0.29) is 0 Å². The zero-order valence-corrected chi connectivity index (χ0v) is 14.0. The van der Waals surface area contributed by atoms with E-state index in [2.05, 4.69) is 71.2 Å². The summed E-state index contributed by atoms with van der Waals surface area (Å²) >= 11 is 0. The monoisotopic (exact) mass is 303 g/mol. The maximum absolute atomic E-state index is 5.86. The molecular weight excluding hydrogens is 274 g/mol. The number of aliphatic imine (C=N–C) groups is 1. The van der Waals surface area contributed by atoms with E-state index in [4.69, 9.17) is 5.73 Å². The number of benzene rings is 1. The number of rotatable bonds is 5. The van der Waals surface area contributed by atoms with Crippen molar-refractivity contribution in [1.82, 2.24) is 10.2 Å². The van der Waals surface area contributed by atoms with Crippen molar-refractivity contribution in [3.05, 3.63) is 30.3 Å². The molecule has 0 saturated carbocycles. The van der Waals surface area contributed by atoms with Crippen LogP contribution < -0.4 is 16.0 Å². The lowest BCUT2D eigenvalue weighted by Gasteiger charge is -2.38. The van der Waals surface area contributed by atoms with E-state index in [9.17, 15) is 0 Å². The van der Waals surface area contributed by atoms with Gasteiger partial charge in [-0.3, -0.25) is 9.89 Å². The average molecular weight is 303 g/mol. The lowest BCUT2D eigenvalue weighted by molar-refractivity contribution is 0.201. The standard InChI is InChI=1S/C17H29N5/c1-14(2)20-17(18)19-13-15(3)21-9-11-22(12-10-21)16-7-5-4-6-8-16/h4-8,14-15H,9-13H2,1-3H3,(H3,18,19,20). The summed E-state index contributed by atoms with van der Waals surface area (Å²) in [5, 5.41) is 3.13. The van der Waals surface area contributed by atoms with Crippen molar-refractivity contribution in [3.63, 3.8) is 0 Å². The molecule has 1 heterocycles. The van der Waals surface area contributed by atoms with Crippen LogP contribution in [-0.2, 0) is 0 Å². The fraction of sp³-hybridized carbons (Fsp3) is 0.588. The largest absolute Gasteiger partial charge is 0.370 e. The van der Waals surface area contributed by atoms with E-state index >= 15 is 0 Å². The Hall–Kier alpha value is -1.75. The van der Waals surface area contributed by atoms with Crippen molar-refractivity contribution in [2.75, 3.05) is 37.6 Å². The molecule has 2 rings (SSSR count). The summed E-state index contributed by atoms with van der Waals surface area (Å²) in [6.07, 6.45) is 0. The predicted molar refractivity (Wildman–Crippen MR) is 94.5 cm³/mol. The molecule has 0 spiro atoms. The summed E-state index contributed by atoms with van der Waals surface area (Å²) in [5.41, 5.74) is 7.18. The Balaban J connectivity index is 1.79. The lowest BCUT2D eigenvalue weighted by atomic mass is 10.2. The number of hydrogen-bond donors (Lipinski definition) is 2. The third kappa shape index (κ3) is 4.91. The number of anilines is 1. The minimum atomic E-state index is 0.327. The van der Waals surface area contributed by atoms with Crippen LogP contribution in [0.4, 0.5) is 5.69 Å². The van der Waals surface area contributed by atoms with Crippen molar-refractivity contribution in [2.24, 2.45) is 10.7 Å². The summed E-state index contributed by atoms with van der Waals surface area (Å²) in [6.45, 7) is 11.4. The maximum atomic E-state index is 5.86. The van der Waals surface area contributed by atoms with Crippen LogP contribution in [0.1, 0.15) is 20.8 Å².